The number of phenols is 1. The summed E-state index contributed by atoms with van der Waals surface area (Å²) in [7, 11) is 0. The molecule has 154 valence electrons. The van der Waals surface area contributed by atoms with Crippen molar-refractivity contribution in [2.75, 3.05) is 0 Å². The van der Waals surface area contributed by atoms with Crippen LogP contribution >= 0.6 is 23.4 Å². The van der Waals surface area contributed by atoms with Gasteiger partial charge in [0, 0.05) is 40.4 Å². The number of thioether (sulfide) groups is 1. The van der Waals surface area contributed by atoms with Gasteiger partial charge in [0.05, 0.1) is 0 Å². The third kappa shape index (κ3) is 3.95. The number of phenolic OH excluding ortho intramolecular Hbond substituents is 1. The maximum absolute atomic E-state index is 12.0. The maximum atomic E-state index is 12.0. The Morgan fingerprint density at radius 1 is 1.13 bits per heavy atom. The van der Waals surface area contributed by atoms with Gasteiger partial charge in [0.1, 0.15) is 11.3 Å². The molecule has 30 heavy (non-hydrogen) atoms. The fourth-order valence-corrected chi connectivity index (χ4v) is 4.56. The van der Waals surface area contributed by atoms with Crippen LogP contribution in [0.15, 0.2) is 56.8 Å². The van der Waals surface area contributed by atoms with Gasteiger partial charge in [-0.3, -0.25) is 0 Å². The van der Waals surface area contributed by atoms with Crippen LogP contribution in [-0.4, -0.2) is 19.9 Å². The minimum atomic E-state index is -0.446. The van der Waals surface area contributed by atoms with E-state index in [0.717, 1.165) is 33.1 Å². The molecule has 2 heterocycles. The number of rotatable bonds is 6. The molecule has 0 fully saturated rings. The Labute approximate surface area is 182 Å². The van der Waals surface area contributed by atoms with Crippen LogP contribution in [0.25, 0.3) is 22.4 Å². The average Bonchev–Trinajstić information content (AvgIpc) is 3.14. The Morgan fingerprint density at radius 2 is 1.97 bits per heavy atom. The van der Waals surface area contributed by atoms with Gasteiger partial charge in [-0.05, 0) is 42.7 Å². The SMILES string of the molecule is CCc1cc2c(CSc3nnc(-c4cccc(Cl)c4)n3CC)cc(=O)oc2cc1O. The van der Waals surface area contributed by atoms with E-state index in [1.54, 1.807) is 0 Å². The second-order valence-electron chi connectivity index (χ2n) is 6.77. The van der Waals surface area contributed by atoms with E-state index < -0.39 is 5.63 Å². The Morgan fingerprint density at radius 3 is 2.70 bits per heavy atom. The number of halogens is 1. The number of fused-ring (bicyclic) bond motifs is 1. The first-order valence-electron chi connectivity index (χ1n) is 9.60. The molecule has 0 aliphatic carbocycles. The van der Waals surface area contributed by atoms with Crippen LogP contribution < -0.4 is 5.63 Å². The lowest BCUT2D eigenvalue weighted by molar-refractivity contribution is 0.466. The van der Waals surface area contributed by atoms with E-state index in [4.69, 9.17) is 16.0 Å². The molecule has 0 aliphatic rings. The Hall–Kier alpha value is -2.77. The maximum Gasteiger partial charge on any atom is 0.336 e. The molecule has 0 saturated heterocycles. The second-order valence-corrected chi connectivity index (χ2v) is 8.15. The van der Waals surface area contributed by atoms with Gasteiger partial charge < -0.3 is 14.1 Å². The molecular formula is C22H20ClN3O3S. The van der Waals surface area contributed by atoms with Crippen molar-refractivity contribution in [1.29, 1.82) is 0 Å². The van der Waals surface area contributed by atoms with Crippen LogP contribution in [-0.2, 0) is 18.7 Å². The molecule has 0 bridgehead atoms. The van der Waals surface area contributed by atoms with E-state index in [-0.39, 0.29) is 5.75 Å². The van der Waals surface area contributed by atoms with Crippen LogP contribution in [0.3, 0.4) is 0 Å². The van der Waals surface area contributed by atoms with Gasteiger partial charge in [-0.15, -0.1) is 10.2 Å². The highest BCUT2D eigenvalue weighted by atomic mass is 35.5. The topological polar surface area (TPSA) is 81.2 Å². The van der Waals surface area contributed by atoms with Crippen molar-refractivity contribution >= 4 is 34.3 Å². The van der Waals surface area contributed by atoms with Crippen LogP contribution in [0.5, 0.6) is 5.75 Å². The molecule has 0 aliphatic heterocycles. The highest BCUT2D eigenvalue weighted by Crippen LogP contribution is 2.31. The fourth-order valence-electron chi connectivity index (χ4n) is 3.37. The van der Waals surface area contributed by atoms with Crippen molar-refractivity contribution in [2.45, 2.75) is 37.7 Å². The number of nitrogens with zero attached hydrogens (tertiary/aromatic N) is 3. The first-order chi connectivity index (χ1) is 14.5. The monoisotopic (exact) mass is 441 g/mol. The molecule has 4 aromatic rings. The van der Waals surface area contributed by atoms with E-state index in [1.165, 1.54) is 23.9 Å². The van der Waals surface area contributed by atoms with Crippen LogP contribution in [0, 0.1) is 0 Å². The molecule has 0 unspecified atom stereocenters. The summed E-state index contributed by atoms with van der Waals surface area (Å²) in [6.45, 7) is 4.70. The van der Waals surface area contributed by atoms with Crippen molar-refractivity contribution in [3.05, 3.63) is 69.0 Å². The molecule has 0 atom stereocenters. The highest BCUT2D eigenvalue weighted by Gasteiger charge is 2.15. The molecule has 1 N–H and O–H groups in total. The third-order valence-corrected chi connectivity index (χ3v) is 6.13. The normalized spacial score (nSPS) is 11.3. The summed E-state index contributed by atoms with van der Waals surface area (Å²) in [5, 5.41) is 21.0. The number of hydrogen-bond acceptors (Lipinski definition) is 6. The quantitative estimate of drug-likeness (QED) is 0.323. The largest absolute Gasteiger partial charge is 0.508 e. The zero-order valence-electron chi connectivity index (χ0n) is 16.6. The van der Waals surface area contributed by atoms with Gasteiger partial charge in [0.15, 0.2) is 11.0 Å². The number of aryl methyl sites for hydroxylation is 1. The summed E-state index contributed by atoms with van der Waals surface area (Å²) in [5.41, 5.74) is 2.47. The lowest BCUT2D eigenvalue weighted by atomic mass is 10.1. The molecule has 0 saturated carbocycles. The summed E-state index contributed by atoms with van der Waals surface area (Å²) in [4.78, 5) is 12.0. The predicted molar refractivity (Wildman–Crippen MR) is 119 cm³/mol. The second kappa shape index (κ2) is 8.53. The zero-order valence-corrected chi connectivity index (χ0v) is 18.1. The molecule has 4 rings (SSSR count). The smallest absolute Gasteiger partial charge is 0.336 e. The molecule has 2 aromatic carbocycles. The summed E-state index contributed by atoms with van der Waals surface area (Å²) in [5.74, 6) is 1.40. The van der Waals surface area contributed by atoms with Crippen LogP contribution in [0.1, 0.15) is 25.0 Å². The summed E-state index contributed by atoms with van der Waals surface area (Å²) in [6.07, 6.45) is 0.681. The minimum Gasteiger partial charge on any atom is -0.508 e. The van der Waals surface area contributed by atoms with Crippen molar-refractivity contribution in [3.8, 4) is 17.1 Å². The van der Waals surface area contributed by atoms with E-state index in [2.05, 4.69) is 10.2 Å². The first kappa shape index (κ1) is 20.5. The highest BCUT2D eigenvalue weighted by molar-refractivity contribution is 7.98. The Bertz CT molecular complexity index is 1280. The van der Waals surface area contributed by atoms with Gasteiger partial charge in [-0.25, -0.2) is 4.79 Å². The number of hydrogen-bond donors (Lipinski definition) is 1. The van der Waals surface area contributed by atoms with Crippen molar-refractivity contribution in [3.63, 3.8) is 0 Å². The lowest BCUT2D eigenvalue weighted by Crippen LogP contribution is -2.02. The molecule has 0 amide bonds. The van der Waals surface area contributed by atoms with Crippen molar-refractivity contribution < 1.29 is 9.52 Å². The van der Waals surface area contributed by atoms with Crippen LogP contribution in [0.4, 0.5) is 0 Å². The molecule has 8 heteroatoms. The van der Waals surface area contributed by atoms with Gasteiger partial charge in [-0.2, -0.15) is 0 Å². The molecule has 0 radical (unpaired) electrons. The Balaban J connectivity index is 1.69. The lowest BCUT2D eigenvalue weighted by Gasteiger charge is -2.10. The summed E-state index contributed by atoms with van der Waals surface area (Å²) in [6, 6.07) is 12.4. The molecule has 0 spiro atoms. The Kier molecular flexibility index (Phi) is 5.83. The summed E-state index contributed by atoms with van der Waals surface area (Å²) >= 11 is 7.62. The standard InChI is InChI=1S/C22H20ClN3O3S/c1-3-13-9-17-15(10-20(28)29-19(17)11-18(13)27)12-30-22-25-24-21(26(22)4-2)14-6-5-7-16(23)8-14/h5-11,27H,3-4,12H2,1-2H3. The van der Waals surface area contributed by atoms with E-state index >= 15 is 0 Å². The van der Waals surface area contributed by atoms with Gasteiger partial charge >= 0.3 is 5.63 Å². The fraction of sp³-hybridized carbons (Fsp3) is 0.227. The predicted octanol–water partition coefficient (Wildman–Crippen LogP) is 5.29. The van der Waals surface area contributed by atoms with E-state index in [0.29, 0.717) is 29.3 Å². The third-order valence-electron chi connectivity index (χ3n) is 4.88. The molecule has 2 aromatic heterocycles. The van der Waals surface area contributed by atoms with Crippen molar-refractivity contribution in [1.82, 2.24) is 14.8 Å². The van der Waals surface area contributed by atoms with E-state index in [9.17, 15) is 9.90 Å². The van der Waals surface area contributed by atoms with Gasteiger partial charge in [0.25, 0.3) is 0 Å². The van der Waals surface area contributed by atoms with Gasteiger partial charge in [-0.1, -0.05) is 42.4 Å². The molecule has 6 nitrogen and oxygen atoms in total. The minimum absolute atomic E-state index is 0.134. The number of benzene rings is 2. The van der Waals surface area contributed by atoms with Crippen molar-refractivity contribution in [2.24, 2.45) is 0 Å². The zero-order chi connectivity index (χ0) is 21.3. The summed E-state index contributed by atoms with van der Waals surface area (Å²) < 4.78 is 7.30. The number of aromatic nitrogens is 3. The van der Waals surface area contributed by atoms with Crippen LogP contribution in [0.2, 0.25) is 5.02 Å². The van der Waals surface area contributed by atoms with Gasteiger partial charge in [0.2, 0.25) is 0 Å². The molecular weight excluding hydrogens is 422 g/mol. The van der Waals surface area contributed by atoms with E-state index in [1.807, 2.05) is 48.7 Å². The first-order valence-corrected chi connectivity index (χ1v) is 11.0. The average molecular weight is 442 g/mol. The number of aromatic hydroxyl groups is 1.